The number of benzene rings is 2. The van der Waals surface area contributed by atoms with Crippen molar-refractivity contribution in [2.24, 2.45) is 0 Å². The van der Waals surface area contributed by atoms with Crippen molar-refractivity contribution in [2.75, 3.05) is 0 Å². The first kappa shape index (κ1) is 16.3. The molecule has 0 saturated heterocycles. The van der Waals surface area contributed by atoms with Gasteiger partial charge in [0.25, 0.3) is 5.69 Å². The minimum atomic E-state index is -0.534. The standard InChI is InChI=1S/C18H13N3O4/c22-18(25-12-13-5-8-15(9-6-13)21(23)24)10-7-14-11-19-16-3-1-2-4-17(16)20-14/h1-11H,12H2/b10-7+. The summed E-state index contributed by atoms with van der Waals surface area (Å²) in [6.45, 7) is 0.0323. The Labute approximate surface area is 142 Å². The number of carbonyl (C=O) groups is 1. The van der Waals surface area contributed by atoms with Crippen LogP contribution < -0.4 is 0 Å². The van der Waals surface area contributed by atoms with Gasteiger partial charge in [-0.25, -0.2) is 9.78 Å². The molecule has 3 aromatic rings. The van der Waals surface area contributed by atoms with Gasteiger partial charge in [0, 0.05) is 18.2 Å². The predicted octanol–water partition coefficient (Wildman–Crippen LogP) is 3.29. The highest BCUT2D eigenvalue weighted by atomic mass is 16.6. The van der Waals surface area contributed by atoms with Crippen LogP contribution in [0.2, 0.25) is 0 Å². The van der Waals surface area contributed by atoms with E-state index in [0.717, 1.165) is 11.0 Å². The number of aromatic nitrogens is 2. The van der Waals surface area contributed by atoms with Gasteiger partial charge in [-0.1, -0.05) is 12.1 Å². The van der Waals surface area contributed by atoms with Gasteiger partial charge in [0.2, 0.25) is 0 Å². The van der Waals surface area contributed by atoms with E-state index >= 15 is 0 Å². The molecule has 0 atom stereocenters. The van der Waals surface area contributed by atoms with Crippen LogP contribution in [-0.4, -0.2) is 20.9 Å². The summed E-state index contributed by atoms with van der Waals surface area (Å²) in [5.74, 6) is -0.534. The lowest BCUT2D eigenvalue weighted by atomic mass is 10.2. The average molecular weight is 335 g/mol. The van der Waals surface area contributed by atoms with Crippen LogP contribution in [0.3, 0.4) is 0 Å². The lowest BCUT2D eigenvalue weighted by Gasteiger charge is -2.02. The molecule has 0 unspecified atom stereocenters. The van der Waals surface area contributed by atoms with Crippen LogP contribution in [0.15, 0.2) is 60.8 Å². The molecule has 0 aliphatic rings. The van der Waals surface area contributed by atoms with Crippen LogP contribution in [0.25, 0.3) is 17.1 Å². The van der Waals surface area contributed by atoms with Gasteiger partial charge in [-0.05, 0) is 35.9 Å². The zero-order valence-electron chi connectivity index (χ0n) is 13.0. The third kappa shape index (κ3) is 4.23. The summed E-state index contributed by atoms with van der Waals surface area (Å²) in [6.07, 6.45) is 4.37. The van der Waals surface area contributed by atoms with E-state index < -0.39 is 10.9 Å². The SMILES string of the molecule is O=C(/C=C/c1cnc2ccccc2n1)OCc1ccc([N+](=O)[O-])cc1. The quantitative estimate of drug-likeness (QED) is 0.307. The molecule has 2 aromatic carbocycles. The number of esters is 1. The van der Waals surface area contributed by atoms with Gasteiger partial charge in [0.15, 0.2) is 0 Å². The van der Waals surface area contributed by atoms with Crippen LogP contribution >= 0.6 is 0 Å². The molecule has 3 rings (SSSR count). The summed E-state index contributed by atoms with van der Waals surface area (Å²) < 4.78 is 5.09. The Hall–Kier alpha value is -3.61. The van der Waals surface area contributed by atoms with E-state index in [-0.39, 0.29) is 12.3 Å². The molecule has 1 aromatic heterocycles. The van der Waals surface area contributed by atoms with Gasteiger partial charge < -0.3 is 4.74 Å². The third-order valence-corrected chi connectivity index (χ3v) is 3.39. The summed E-state index contributed by atoms with van der Waals surface area (Å²) in [5, 5.41) is 10.6. The van der Waals surface area contributed by atoms with Crippen LogP contribution in [-0.2, 0) is 16.1 Å². The molecule has 7 heteroatoms. The van der Waals surface area contributed by atoms with Gasteiger partial charge in [0.05, 0.1) is 27.8 Å². The third-order valence-electron chi connectivity index (χ3n) is 3.39. The van der Waals surface area contributed by atoms with Crippen LogP contribution in [0.5, 0.6) is 0 Å². The molecule has 0 N–H and O–H groups in total. The smallest absolute Gasteiger partial charge is 0.331 e. The lowest BCUT2D eigenvalue weighted by molar-refractivity contribution is -0.384. The maximum Gasteiger partial charge on any atom is 0.331 e. The zero-order chi connectivity index (χ0) is 17.6. The predicted molar refractivity (Wildman–Crippen MR) is 91.5 cm³/mol. The Morgan fingerprint density at radius 3 is 2.56 bits per heavy atom. The second-order valence-electron chi connectivity index (χ2n) is 5.15. The largest absolute Gasteiger partial charge is 0.458 e. The van der Waals surface area contributed by atoms with Crippen molar-refractivity contribution in [3.05, 3.63) is 82.2 Å². The molecular weight excluding hydrogens is 322 g/mol. The number of nitro benzene ring substituents is 1. The van der Waals surface area contributed by atoms with Crippen molar-refractivity contribution in [2.45, 2.75) is 6.61 Å². The van der Waals surface area contributed by atoms with Crippen molar-refractivity contribution < 1.29 is 14.5 Å². The van der Waals surface area contributed by atoms with Gasteiger partial charge >= 0.3 is 5.97 Å². The van der Waals surface area contributed by atoms with Gasteiger partial charge in [-0.2, -0.15) is 0 Å². The molecule has 0 bridgehead atoms. The normalized spacial score (nSPS) is 10.9. The first-order valence-electron chi connectivity index (χ1n) is 7.42. The molecule has 7 nitrogen and oxygen atoms in total. The van der Waals surface area contributed by atoms with E-state index in [1.165, 1.54) is 24.3 Å². The molecule has 1 heterocycles. The van der Waals surface area contributed by atoms with E-state index in [2.05, 4.69) is 9.97 Å². The highest BCUT2D eigenvalue weighted by Crippen LogP contribution is 2.13. The maximum atomic E-state index is 11.8. The fourth-order valence-corrected chi connectivity index (χ4v) is 2.12. The Morgan fingerprint density at radius 2 is 1.84 bits per heavy atom. The first-order chi connectivity index (χ1) is 12.1. The Balaban J connectivity index is 1.59. The highest BCUT2D eigenvalue weighted by molar-refractivity contribution is 5.87. The number of fused-ring (bicyclic) bond motifs is 1. The van der Waals surface area contributed by atoms with Crippen molar-refractivity contribution in [1.29, 1.82) is 0 Å². The molecule has 0 spiro atoms. The molecule has 0 radical (unpaired) electrons. The number of carbonyl (C=O) groups excluding carboxylic acids is 1. The number of rotatable bonds is 5. The van der Waals surface area contributed by atoms with Gasteiger partial charge in [-0.3, -0.25) is 15.1 Å². The number of nitro groups is 1. The lowest BCUT2D eigenvalue weighted by Crippen LogP contribution is -2.01. The Bertz CT molecular complexity index is 952. The molecular formula is C18H13N3O4. The number of para-hydroxylation sites is 2. The average Bonchev–Trinajstić information content (AvgIpc) is 2.65. The second-order valence-corrected chi connectivity index (χ2v) is 5.15. The number of non-ortho nitro benzene ring substituents is 1. The number of ether oxygens (including phenoxy) is 1. The van der Waals surface area contributed by atoms with Crippen molar-refractivity contribution in [3.63, 3.8) is 0 Å². The topological polar surface area (TPSA) is 95.2 Å². The number of hydrogen-bond acceptors (Lipinski definition) is 6. The Kier molecular flexibility index (Phi) is 4.75. The first-order valence-corrected chi connectivity index (χ1v) is 7.42. The molecule has 0 saturated carbocycles. The molecule has 0 amide bonds. The molecule has 25 heavy (non-hydrogen) atoms. The fraction of sp³-hybridized carbons (Fsp3) is 0.0556. The van der Waals surface area contributed by atoms with E-state index in [4.69, 9.17) is 4.74 Å². The van der Waals surface area contributed by atoms with Crippen LogP contribution in [0.1, 0.15) is 11.3 Å². The molecule has 124 valence electrons. The van der Waals surface area contributed by atoms with Crippen LogP contribution in [0.4, 0.5) is 5.69 Å². The van der Waals surface area contributed by atoms with Crippen molar-refractivity contribution >= 4 is 28.8 Å². The molecule has 0 aliphatic carbocycles. The number of nitrogens with zero attached hydrogens (tertiary/aromatic N) is 3. The summed E-state index contributed by atoms with van der Waals surface area (Å²) in [5.41, 5.74) is 2.72. The highest BCUT2D eigenvalue weighted by Gasteiger charge is 2.05. The molecule has 0 fully saturated rings. The van der Waals surface area contributed by atoms with Crippen LogP contribution in [0, 0.1) is 10.1 Å². The second kappa shape index (κ2) is 7.31. The van der Waals surface area contributed by atoms with E-state index in [9.17, 15) is 14.9 Å². The zero-order valence-corrected chi connectivity index (χ0v) is 13.0. The minimum Gasteiger partial charge on any atom is -0.458 e. The van der Waals surface area contributed by atoms with Crippen molar-refractivity contribution in [1.82, 2.24) is 9.97 Å². The minimum absolute atomic E-state index is 0.00940. The molecule has 0 aliphatic heterocycles. The number of hydrogen-bond donors (Lipinski definition) is 0. The van der Waals surface area contributed by atoms with E-state index in [1.54, 1.807) is 18.3 Å². The monoisotopic (exact) mass is 335 g/mol. The summed E-state index contributed by atoms with van der Waals surface area (Å²) in [4.78, 5) is 30.5. The fourth-order valence-electron chi connectivity index (χ4n) is 2.12. The summed E-state index contributed by atoms with van der Waals surface area (Å²) >= 11 is 0. The summed E-state index contributed by atoms with van der Waals surface area (Å²) in [7, 11) is 0. The van der Waals surface area contributed by atoms with E-state index in [0.29, 0.717) is 11.3 Å². The summed E-state index contributed by atoms with van der Waals surface area (Å²) in [6, 6.07) is 13.3. The van der Waals surface area contributed by atoms with Gasteiger partial charge in [0.1, 0.15) is 6.61 Å². The maximum absolute atomic E-state index is 11.8. The van der Waals surface area contributed by atoms with E-state index in [1.807, 2.05) is 24.3 Å². The van der Waals surface area contributed by atoms with Gasteiger partial charge in [-0.15, -0.1) is 0 Å². The Morgan fingerprint density at radius 1 is 1.12 bits per heavy atom. The van der Waals surface area contributed by atoms with Crippen molar-refractivity contribution in [3.8, 4) is 0 Å².